The lowest BCUT2D eigenvalue weighted by Gasteiger charge is -2.29. The third kappa shape index (κ3) is 8.15. The SMILES string of the molecule is N#CC1=C(c2ccccc2)/C(=C(/C#N)c2cc(C#N)cc(C#N)c2)c2c1c(-c1ccc(C(F)(F)F)cc1)c1c(c2-c2ccc(C(F)(F)F)cc2)C(C(C#N)c2cc(C#N)cc(C#N)c2)C(c2ccccc2)=C1C#N. The standard InChI is InChI=1S/C60H26F6N8/c61-59(62,63)43-15-11-39(12-16-43)51-55-47(31-73)49(37-7-3-1-4-8-37)53(45(29-71)41-21-33(25-67)19-34(22-41)26-68)57(55)52(40-13-17-44(18-14-40)60(64,65)66)58-54(46(30-72)42-23-35(27-69)20-36(24-42)28-70)50(48(32-74)56(51)58)38-9-5-2-6-10-38/h1-24,45,53H/b54-46+. The molecule has 0 aromatic heterocycles. The molecular weight excluding hydrogens is 947 g/mol. The number of hydrogen-bond donors (Lipinski definition) is 0. The van der Waals surface area contributed by atoms with E-state index in [0.29, 0.717) is 11.1 Å². The fourth-order valence-electron chi connectivity index (χ4n) is 10.0. The largest absolute Gasteiger partial charge is 0.416 e. The summed E-state index contributed by atoms with van der Waals surface area (Å²) in [4.78, 5) is 0. The van der Waals surface area contributed by atoms with Crippen molar-refractivity contribution in [3.8, 4) is 70.8 Å². The smallest absolute Gasteiger partial charge is 0.198 e. The Morgan fingerprint density at radius 1 is 0.432 bits per heavy atom. The average Bonchev–Trinajstić information content (AvgIpc) is 3.95. The maximum absolute atomic E-state index is 14.5. The summed E-state index contributed by atoms with van der Waals surface area (Å²) in [5.41, 5.74) is -1.64. The van der Waals surface area contributed by atoms with Crippen LogP contribution in [-0.2, 0) is 12.4 Å². The van der Waals surface area contributed by atoms with Crippen molar-refractivity contribution in [2.45, 2.75) is 24.2 Å². The van der Waals surface area contributed by atoms with Crippen molar-refractivity contribution in [1.29, 1.82) is 42.1 Å². The van der Waals surface area contributed by atoms with Gasteiger partial charge in [-0.05, 0) is 116 Å². The van der Waals surface area contributed by atoms with E-state index in [-0.39, 0.29) is 111 Å². The van der Waals surface area contributed by atoms with Gasteiger partial charge in [-0.2, -0.15) is 68.4 Å². The van der Waals surface area contributed by atoms with Gasteiger partial charge in [-0.15, -0.1) is 0 Å². The summed E-state index contributed by atoms with van der Waals surface area (Å²) in [6, 6.07) is 49.6. The van der Waals surface area contributed by atoms with Crippen LogP contribution >= 0.6 is 0 Å². The Balaban J connectivity index is 1.62. The monoisotopic (exact) mass is 972 g/mol. The Morgan fingerprint density at radius 3 is 1.32 bits per heavy atom. The van der Waals surface area contributed by atoms with E-state index in [1.807, 2.05) is 24.3 Å². The zero-order valence-corrected chi connectivity index (χ0v) is 37.9. The predicted molar refractivity (Wildman–Crippen MR) is 260 cm³/mol. The molecule has 0 heterocycles. The number of halogens is 6. The molecule has 8 nitrogen and oxygen atoms in total. The summed E-state index contributed by atoms with van der Waals surface area (Å²) in [5.74, 6) is -2.82. The molecule has 0 N–H and O–H groups in total. The molecule has 7 aromatic rings. The molecular formula is C60H26F6N8. The van der Waals surface area contributed by atoms with Crippen LogP contribution in [0.2, 0.25) is 0 Å². The molecule has 0 saturated heterocycles. The molecule has 74 heavy (non-hydrogen) atoms. The minimum Gasteiger partial charge on any atom is -0.198 e. The van der Waals surface area contributed by atoms with E-state index in [1.165, 1.54) is 36.4 Å². The number of nitrogens with zero attached hydrogens (tertiary/aromatic N) is 8. The molecule has 2 atom stereocenters. The zero-order valence-electron chi connectivity index (χ0n) is 37.9. The van der Waals surface area contributed by atoms with Crippen LogP contribution in [0, 0.1) is 90.6 Å². The van der Waals surface area contributed by atoms with Gasteiger partial charge in [-0.25, -0.2) is 0 Å². The lowest BCUT2D eigenvalue weighted by Crippen LogP contribution is -2.14. The highest BCUT2D eigenvalue weighted by atomic mass is 19.4. The minimum absolute atomic E-state index is 0.000109. The van der Waals surface area contributed by atoms with E-state index in [9.17, 15) is 68.4 Å². The molecule has 0 radical (unpaired) electrons. The van der Waals surface area contributed by atoms with Crippen LogP contribution in [0.3, 0.4) is 0 Å². The van der Waals surface area contributed by atoms with Gasteiger partial charge >= 0.3 is 12.4 Å². The molecule has 2 aliphatic rings. The highest BCUT2D eigenvalue weighted by Crippen LogP contribution is 2.64. The van der Waals surface area contributed by atoms with E-state index in [1.54, 1.807) is 60.7 Å². The summed E-state index contributed by atoms with van der Waals surface area (Å²) in [5, 5.41) is 87.1. The number of fused-ring (bicyclic) bond motifs is 2. The first-order chi connectivity index (χ1) is 35.6. The fraction of sp³-hybridized carbons (Fsp3) is 0.0667. The molecule has 0 saturated carbocycles. The molecule has 14 heteroatoms. The Labute approximate surface area is 418 Å². The van der Waals surface area contributed by atoms with Gasteiger partial charge in [-0.3, -0.25) is 0 Å². The van der Waals surface area contributed by atoms with Gasteiger partial charge in [0.15, 0.2) is 0 Å². The van der Waals surface area contributed by atoms with Crippen molar-refractivity contribution >= 4 is 33.4 Å². The topological polar surface area (TPSA) is 190 Å². The van der Waals surface area contributed by atoms with Gasteiger partial charge in [0.2, 0.25) is 0 Å². The number of rotatable bonds is 7. The molecule has 7 aromatic carbocycles. The summed E-state index contributed by atoms with van der Waals surface area (Å²) < 4.78 is 86.7. The van der Waals surface area contributed by atoms with E-state index in [0.717, 1.165) is 48.5 Å². The third-order valence-electron chi connectivity index (χ3n) is 12.9. The van der Waals surface area contributed by atoms with Crippen molar-refractivity contribution in [2.24, 2.45) is 0 Å². The summed E-state index contributed by atoms with van der Waals surface area (Å²) in [7, 11) is 0. The minimum atomic E-state index is -4.84. The first-order valence-electron chi connectivity index (χ1n) is 22.1. The van der Waals surface area contributed by atoms with Crippen LogP contribution in [0.1, 0.15) is 89.7 Å². The lowest BCUT2D eigenvalue weighted by molar-refractivity contribution is -0.138. The van der Waals surface area contributed by atoms with Crippen LogP contribution < -0.4 is 0 Å². The van der Waals surface area contributed by atoms with Gasteiger partial charge < -0.3 is 0 Å². The molecule has 2 unspecified atom stereocenters. The Kier molecular flexibility index (Phi) is 12.3. The van der Waals surface area contributed by atoms with Crippen LogP contribution in [-0.4, -0.2) is 0 Å². The van der Waals surface area contributed by atoms with E-state index >= 15 is 0 Å². The Bertz CT molecular complexity index is 3930. The van der Waals surface area contributed by atoms with Gasteiger partial charge in [0, 0.05) is 33.8 Å². The van der Waals surface area contributed by atoms with Gasteiger partial charge in [0.25, 0.3) is 0 Å². The van der Waals surface area contributed by atoms with Crippen LogP contribution in [0.4, 0.5) is 26.3 Å². The highest BCUT2D eigenvalue weighted by Gasteiger charge is 2.47. The van der Waals surface area contributed by atoms with Gasteiger partial charge in [0.05, 0.1) is 86.4 Å². The van der Waals surface area contributed by atoms with Crippen molar-refractivity contribution in [2.75, 3.05) is 0 Å². The molecule has 2 aliphatic carbocycles. The first kappa shape index (κ1) is 48.3. The van der Waals surface area contributed by atoms with Crippen molar-refractivity contribution in [3.63, 3.8) is 0 Å². The highest BCUT2D eigenvalue weighted by molar-refractivity contribution is 6.34. The van der Waals surface area contributed by atoms with Crippen LogP contribution in [0.5, 0.6) is 0 Å². The Morgan fingerprint density at radius 2 is 0.892 bits per heavy atom. The predicted octanol–water partition coefficient (Wildman–Crippen LogP) is 14.3. The molecule has 0 amide bonds. The number of nitriles is 8. The molecule has 9 rings (SSSR count). The molecule has 348 valence electrons. The zero-order chi connectivity index (χ0) is 52.6. The van der Waals surface area contributed by atoms with Gasteiger partial charge in [0.1, 0.15) is 18.2 Å². The normalized spacial score (nSPS) is 14.6. The summed E-state index contributed by atoms with van der Waals surface area (Å²) in [6.07, 6.45) is -9.67. The van der Waals surface area contributed by atoms with Crippen LogP contribution in [0.25, 0.3) is 55.7 Å². The van der Waals surface area contributed by atoms with Crippen molar-refractivity contribution in [1.82, 2.24) is 0 Å². The third-order valence-corrected chi connectivity index (χ3v) is 12.9. The fourth-order valence-corrected chi connectivity index (χ4v) is 10.0. The van der Waals surface area contributed by atoms with Gasteiger partial charge in [-0.1, -0.05) is 84.9 Å². The molecule has 0 aliphatic heterocycles. The lowest BCUT2D eigenvalue weighted by atomic mass is 9.72. The molecule has 0 bridgehead atoms. The summed E-state index contributed by atoms with van der Waals surface area (Å²) in [6.45, 7) is 0. The van der Waals surface area contributed by atoms with Crippen molar-refractivity contribution < 1.29 is 26.3 Å². The van der Waals surface area contributed by atoms with Crippen LogP contribution in [0.15, 0.2) is 146 Å². The second-order valence-corrected chi connectivity index (χ2v) is 17.0. The number of hydrogen-bond acceptors (Lipinski definition) is 8. The quantitative estimate of drug-likeness (QED) is 0.111. The molecule has 0 fully saturated rings. The first-order valence-corrected chi connectivity index (χ1v) is 22.1. The maximum atomic E-state index is 14.5. The second kappa shape index (κ2) is 18.9. The average molecular weight is 973 g/mol. The Hall–Kier alpha value is -10.7. The van der Waals surface area contributed by atoms with Crippen molar-refractivity contribution in [3.05, 3.63) is 223 Å². The molecule has 0 spiro atoms. The summed E-state index contributed by atoms with van der Waals surface area (Å²) >= 11 is 0. The number of allylic oxidation sites excluding steroid dienone is 6. The number of alkyl halides is 6. The van der Waals surface area contributed by atoms with E-state index in [4.69, 9.17) is 0 Å². The maximum Gasteiger partial charge on any atom is 0.416 e. The number of benzene rings is 7. The van der Waals surface area contributed by atoms with E-state index < -0.39 is 35.3 Å². The van der Waals surface area contributed by atoms with E-state index in [2.05, 4.69) is 24.3 Å². The second-order valence-electron chi connectivity index (χ2n) is 17.0.